The molecule has 0 saturated carbocycles. The van der Waals surface area contributed by atoms with Crippen LogP contribution in [0.25, 0.3) is 0 Å². The van der Waals surface area contributed by atoms with Gasteiger partial charge in [0.1, 0.15) is 17.6 Å². The summed E-state index contributed by atoms with van der Waals surface area (Å²) in [6, 6.07) is 0.206. The van der Waals surface area contributed by atoms with E-state index in [1.54, 1.807) is 0 Å². The maximum atomic E-state index is 12.8. The number of carbonyl (C=O) groups is 1. The van der Waals surface area contributed by atoms with Crippen LogP contribution in [0.15, 0.2) is 12.1 Å². The molecule has 1 atom stereocenters. The molecule has 0 spiro atoms. The molecule has 0 saturated heterocycles. The molecule has 4 N–H and O–H groups in total. The molecule has 0 aliphatic carbocycles. The average Bonchev–Trinajstić information content (AvgIpc) is 2.09. The summed E-state index contributed by atoms with van der Waals surface area (Å²) in [6.45, 7) is 0. The van der Waals surface area contributed by atoms with Crippen LogP contribution in [-0.4, -0.2) is 16.2 Å². The van der Waals surface area contributed by atoms with Crippen molar-refractivity contribution in [2.75, 3.05) is 0 Å². The molecule has 0 fully saturated rings. The molecule has 1 unspecified atom stereocenters. The molecule has 0 heterocycles. The SMILES string of the molecule is NC(C(=O)O)c1cc(F)cc(Cl)c1O. The Kier molecular flexibility index (Phi) is 2.93. The van der Waals surface area contributed by atoms with Crippen molar-refractivity contribution in [3.8, 4) is 5.75 Å². The van der Waals surface area contributed by atoms with E-state index in [9.17, 15) is 14.3 Å². The van der Waals surface area contributed by atoms with E-state index >= 15 is 0 Å². The quantitative estimate of drug-likeness (QED) is 0.699. The number of aromatic hydroxyl groups is 1. The number of nitrogens with two attached hydrogens (primary N) is 1. The van der Waals surface area contributed by atoms with Crippen LogP contribution >= 0.6 is 11.6 Å². The van der Waals surface area contributed by atoms with Crippen molar-refractivity contribution in [1.29, 1.82) is 0 Å². The average molecular weight is 220 g/mol. The topological polar surface area (TPSA) is 83.6 Å². The summed E-state index contributed by atoms with van der Waals surface area (Å²) in [4.78, 5) is 10.5. The third kappa shape index (κ3) is 1.94. The molecule has 1 aromatic rings. The largest absolute Gasteiger partial charge is 0.506 e. The van der Waals surface area contributed by atoms with Gasteiger partial charge in [-0.15, -0.1) is 0 Å². The molecule has 4 nitrogen and oxygen atoms in total. The fourth-order valence-electron chi connectivity index (χ4n) is 0.956. The van der Waals surface area contributed by atoms with Crippen molar-refractivity contribution in [1.82, 2.24) is 0 Å². The second-order valence-corrected chi connectivity index (χ2v) is 3.05. The van der Waals surface area contributed by atoms with Gasteiger partial charge in [-0.25, -0.2) is 4.39 Å². The van der Waals surface area contributed by atoms with Crippen LogP contribution in [0.1, 0.15) is 11.6 Å². The lowest BCUT2D eigenvalue weighted by molar-refractivity contribution is -0.138. The van der Waals surface area contributed by atoms with E-state index in [0.29, 0.717) is 0 Å². The molecule has 0 amide bonds. The smallest absolute Gasteiger partial charge is 0.325 e. The predicted molar refractivity (Wildman–Crippen MR) is 47.6 cm³/mol. The summed E-state index contributed by atoms with van der Waals surface area (Å²) in [7, 11) is 0. The van der Waals surface area contributed by atoms with Gasteiger partial charge in [0.25, 0.3) is 0 Å². The first-order valence-corrected chi connectivity index (χ1v) is 3.97. The number of phenolic OH excluding ortho intramolecular Hbond substituents is 1. The number of carboxylic acids is 1. The number of hydrogen-bond donors (Lipinski definition) is 3. The van der Waals surface area contributed by atoms with E-state index in [2.05, 4.69) is 0 Å². The van der Waals surface area contributed by atoms with E-state index < -0.39 is 23.6 Å². The van der Waals surface area contributed by atoms with Crippen LogP contribution in [0.5, 0.6) is 5.75 Å². The van der Waals surface area contributed by atoms with Crippen molar-refractivity contribution in [2.45, 2.75) is 6.04 Å². The number of carboxylic acid groups (broad SMARTS) is 1. The molecular formula is C8H7ClFNO3. The second-order valence-electron chi connectivity index (χ2n) is 2.64. The lowest BCUT2D eigenvalue weighted by Crippen LogP contribution is -2.20. The van der Waals surface area contributed by atoms with Crippen molar-refractivity contribution < 1.29 is 19.4 Å². The number of halogens is 2. The van der Waals surface area contributed by atoms with Crippen LogP contribution < -0.4 is 5.73 Å². The van der Waals surface area contributed by atoms with E-state index in [1.165, 1.54) is 0 Å². The van der Waals surface area contributed by atoms with Gasteiger partial charge < -0.3 is 15.9 Å². The summed E-state index contributed by atoms with van der Waals surface area (Å²) >= 11 is 5.43. The number of aliphatic carboxylic acids is 1. The summed E-state index contributed by atoms with van der Waals surface area (Å²) in [6.07, 6.45) is 0. The highest BCUT2D eigenvalue weighted by Crippen LogP contribution is 2.31. The lowest BCUT2D eigenvalue weighted by atomic mass is 10.1. The second kappa shape index (κ2) is 3.81. The zero-order chi connectivity index (χ0) is 10.9. The van der Waals surface area contributed by atoms with Gasteiger partial charge in [-0.3, -0.25) is 4.79 Å². The van der Waals surface area contributed by atoms with Crippen LogP contribution in [0.3, 0.4) is 0 Å². The Morgan fingerprint density at radius 1 is 1.57 bits per heavy atom. The summed E-state index contributed by atoms with van der Waals surface area (Å²) < 4.78 is 12.8. The first kappa shape index (κ1) is 10.7. The van der Waals surface area contributed by atoms with Gasteiger partial charge in [-0.2, -0.15) is 0 Å². The van der Waals surface area contributed by atoms with E-state index in [4.69, 9.17) is 22.4 Å². The van der Waals surface area contributed by atoms with Gasteiger partial charge in [0, 0.05) is 5.56 Å². The van der Waals surface area contributed by atoms with Crippen molar-refractivity contribution in [3.05, 3.63) is 28.5 Å². The van der Waals surface area contributed by atoms with Gasteiger partial charge in [0.15, 0.2) is 0 Å². The minimum Gasteiger partial charge on any atom is -0.506 e. The highest BCUT2D eigenvalue weighted by Gasteiger charge is 2.20. The third-order valence-corrected chi connectivity index (χ3v) is 1.95. The minimum atomic E-state index is -1.50. The standard InChI is InChI=1S/C8H7ClFNO3/c9-5-2-3(10)1-4(7(5)12)6(11)8(13)14/h1-2,6,12H,11H2,(H,13,14). The normalized spacial score (nSPS) is 12.5. The van der Waals surface area contributed by atoms with Gasteiger partial charge >= 0.3 is 5.97 Å². The van der Waals surface area contributed by atoms with Crippen LogP contribution in [0.4, 0.5) is 4.39 Å². The summed E-state index contributed by atoms with van der Waals surface area (Å²) in [5.41, 5.74) is 4.94. The predicted octanol–water partition coefficient (Wildman–Crippen LogP) is 1.27. The molecule has 0 radical (unpaired) electrons. The molecular weight excluding hydrogens is 213 g/mol. The van der Waals surface area contributed by atoms with Crippen LogP contribution in [-0.2, 0) is 4.79 Å². The zero-order valence-corrected chi connectivity index (χ0v) is 7.62. The van der Waals surface area contributed by atoms with Crippen LogP contribution in [0.2, 0.25) is 5.02 Å². The van der Waals surface area contributed by atoms with Gasteiger partial charge in [-0.05, 0) is 12.1 Å². The minimum absolute atomic E-state index is 0.248. The molecule has 0 aliphatic heterocycles. The van der Waals surface area contributed by atoms with E-state index in [1.807, 2.05) is 0 Å². The van der Waals surface area contributed by atoms with Crippen molar-refractivity contribution >= 4 is 17.6 Å². The summed E-state index contributed by atoms with van der Waals surface area (Å²) in [5.74, 6) is -2.63. The van der Waals surface area contributed by atoms with Crippen LogP contribution in [0, 0.1) is 5.82 Å². The Bertz CT molecular complexity index is 383. The van der Waals surface area contributed by atoms with E-state index in [0.717, 1.165) is 12.1 Å². The molecule has 0 aliphatic rings. The Balaban J connectivity index is 3.26. The Morgan fingerprint density at radius 3 is 2.64 bits per heavy atom. The molecule has 0 bridgehead atoms. The zero-order valence-electron chi connectivity index (χ0n) is 6.87. The molecule has 0 aromatic heterocycles. The number of rotatable bonds is 2. The number of hydrogen-bond acceptors (Lipinski definition) is 3. The Morgan fingerprint density at radius 2 is 2.14 bits per heavy atom. The maximum absolute atomic E-state index is 12.8. The van der Waals surface area contributed by atoms with E-state index in [-0.39, 0.29) is 10.6 Å². The summed E-state index contributed by atoms with van der Waals surface area (Å²) in [5, 5.41) is 17.6. The highest BCUT2D eigenvalue weighted by molar-refractivity contribution is 6.32. The Labute approximate surface area is 83.7 Å². The third-order valence-electron chi connectivity index (χ3n) is 1.66. The lowest BCUT2D eigenvalue weighted by Gasteiger charge is -2.10. The fourth-order valence-corrected chi connectivity index (χ4v) is 1.17. The van der Waals surface area contributed by atoms with Gasteiger partial charge in [0.2, 0.25) is 0 Å². The number of phenols is 1. The van der Waals surface area contributed by atoms with Gasteiger partial charge in [-0.1, -0.05) is 11.6 Å². The highest BCUT2D eigenvalue weighted by atomic mass is 35.5. The molecule has 14 heavy (non-hydrogen) atoms. The van der Waals surface area contributed by atoms with Gasteiger partial charge in [0.05, 0.1) is 5.02 Å². The molecule has 76 valence electrons. The van der Waals surface area contributed by atoms with Crippen molar-refractivity contribution in [2.24, 2.45) is 5.73 Å². The first-order valence-electron chi connectivity index (χ1n) is 3.59. The fraction of sp³-hybridized carbons (Fsp3) is 0.125. The van der Waals surface area contributed by atoms with Crippen molar-refractivity contribution in [3.63, 3.8) is 0 Å². The molecule has 6 heteroatoms. The molecule has 1 aromatic carbocycles. The Hall–Kier alpha value is -1.33. The first-order chi connectivity index (χ1) is 6.43. The number of benzene rings is 1. The molecule has 1 rings (SSSR count). The monoisotopic (exact) mass is 219 g/mol. The maximum Gasteiger partial charge on any atom is 0.325 e.